The van der Waals surface area contributed by atoms with Gasteiger partial charge in [0.15, 0.2) is 0 Å². The largest absolute Gasteiger partial charge is 0.396 e. The third kappa shape index (κ3) is 3.30. The molecular formula is C14H24ClN3O. The smallest absolute Gasteiger partial charge is 0.131 e. The number of aryl methyl sites for hydroxylation is 1. The second-order valence-corrected chi connectivity index (χ2v) is 6.22. The van der Waals surface area contributed by atoms with Gasteiger partial charge in [0.05, 0.1) is 5.69 Å². The van der Waals surface area contributed by atoms with Gasteiger partial charge in [-0.25, -0.2) is 0 Å². The lowest BCUT2D eigenvalue weighted by molar-refractivity contribution is 0.115. The van der Waals surface area contributed by atoms with E-state index in [1.807, 2.05) is 7.05 Å². The highest BCUT2D eigenvalue weighted by Gasteiger charge is 2.23. The molecule has 0 bridgehead atoms. The Labute approximate surface area is 120 Å². The van der Waals surface area contributed by atoms with E-state index in [1.54, 1.807) is 4.68 Å². The van der Waals surface area contributed by atoms with Gasteiger partial charge in [-0.3, -0.25) is 9.58 Å². The van der Waals surface area contributed by atoms with Crippen LogP contribution in [0.3, 0.4) is 0 Å². The van der Waals surface area contributed by atoms with Gasteiger partial charge in [-0.05, 0) is 31.2 Å². The molecule has 1 unspecified atom stereocenters. The average Bonchev–Trinajstić information content (AvgIpc) is 2.67. The maximum absolute atomic E-state index is 9.31. The van der Waals surface area contributed by atoms with Crippen LogP contribution in [0.1, 0.15) is 43.9 Å². The normalized spacial score (nSPS) is 21.3. The van der Waals surface area contributed by atoms with Crippen LogP contribution in [0.2, 0.25) is 5.15 Å². The van der Waals surface area contributed by atoms with Crippen molar-refractivity contribution in [2.45, 2.75) is 39.2 Å². The molecule has 1 atom stereocenters. The molecule has 0 aliphatic carbocycles. The molecule has 1 aromatic rings. The minimum Gasteiger partial charge on any atom is -0.396 e. The van der Waals surface area contributed by atoms with E-state index in [4.69, 9.17) is 11.6 Å². The van der Waals surface area contributed by atoms with E-state index in [2.05, 4.69) is 23.8 Å². The van der Waals surface area contributed by atoms with Crippen molar-refractivity contribution >= 4 is 11.6 Å². The fourth-order valence-corrected chi connectivity index (χ4v) is 3.04. The number of hydrogen-bond donors (Lipinski definition) is 1. The highest BCUT2D eigenvalue weighted by atomic mass is 35.5. The monoisotopic (exact) mass is 285 g/mol. The maximum atomic E-state index is 9.31. The molecule has 1 N–H and O–H groups in total. The van der Waals surface area contributed by atoms with Gasteiger partial charge in [-0.2, -0.15) is 5.10 Å². The number of piperidine rings is 1. The van der Waals surface area contributed by atoms with Gasteiger partial charge < -0.3 is 5.11 Å². The summed E-state index contributed by atoms with van der Waals surface area (Å²) in [5.74, 6) is 0.791. The highest BCUT2D eigenvalue weighted by Crippen LogP contribution is 2.28. The molecule has 1 fully saturated rings. The fraction of sp³-hybridized carbons (Fsp3) is 0.786. The van der Waals surface area contributed by atoms with E-state index >= 15 is 0 Å². The Bertz CT molecular complexity index is 431. The molecule has 5 heteroatoms. The fourth-order valence-electron chi connectivity index (χ4n) is 2.84. The molecule has 108 valence electrons. The van der Waals surface area contributed by atoms with Crippen molar-refractivity contribution in [2.24, 2.45) is 13.0 Å². The third-order valence-corrected chi connectivity index (χ3v) is 4.36. The first-order chi connectivity index (χ1) is 9.02. The molecule has 19 heavy (non-hydrogen) atoms. The number of rotatable bonds is 4. The van der Waals surface area contributed by atoms with Gasteiger partial charge in [0.1, 0.15) is 5.15 Å². The van der Waals surface area contributed by atoms with Crippen molar-refractivity contribution in [1.29, 1.82) is 0 Å². The summed E-state index contributed by atoms with van der Waals surface area (Å²) in [6, 6.07) is 0. The van der Waals surface area contributed by atoms with Crippen LogP contribution in [0, 0.1) is 5.92 Å². The van der Waals surface area contributed by atoms with E-state index in [1.165, 1.54) is 0 Å². The van der Waals surface area contributed by atoms with Crippen LogP contribution in [0.15, 0.2) is 0 Å². The Hall–Kier alpha value is -0.580. The SMILES string of the molecule is CC(C)c1nn(C)c(Cl)c1CN1CCCC(CO)C1. The van der Waals surface area contributed by atoms with Crippen molar-refractivity contribution < 1.29 is 5.11 Å². The Balaban J connectivity index is 2.14. The molecule has 0 aromatic carbocycles. The minimum atomic E-state index is 0.286. The van der Waals surface area contributed by atoms with Gasteiger partial charge in [-0.1, -0.05) is 25.4 Å². The van der Waals surface area contributed by atoms with Crippen LogP contribution in [-0.4, -0.2) is 39.5 Å². The van der Waals surface area contributed by atoms with E-state index in [0.29, 0.717) is 11.8 Å². The summed E-state index contributed by atoms with van der Waals surface area (Å²) in [5, 5.41) is 14.6. The molecule has 2 rings (SSSR count). The van der Waals surface area contributed by atoms with Crippen LogP contribution in [-0.2, 0) is 13.6 Å². The number of hydrogen-bond acceptors (Lipinski definition) is 3. The lowest BCUT2D eigenvalue weighted by Crippen LogP contribution is -2.36. The van der Waals surface area contributed by atoms with Crippen molar-refractivity contribution in [2.75, 3.05) is 19.7 Å². The zero-order valence-corrected chi connectivity index (χ0v) is 12.8. The van der Waals surface area contributed by atoms with E-state index in [0.717, 1.165) is 48.9 Å². The molecule has 2 heterocycles. The Morgan fingerprint density at radius 1 is 1.47 bits per heavy atom. The van der Waals surface area contributed by atoms with E-state index in [9.17, 15) is 5.11 Å². The zero-order chi connectivity index (χ0) is 14.0. The number of halogens is 1. The summed E-state index contributed by atoms with van der Waals surface area (Å²) < 4.78 is 1.76. The lowest BCUT2D eigenvalue weighted by atomic mass is 9.98. The lowest BCUT2D eigenvalue weighted by Gasteiger charge is -2.31. The van der Waals surface area contributed by atoms with Crippen LogP contribution >= 0.6 is 11.6 Å². The number of aliphatic hydroxyl groups excluding tert-OH is 1. The Morgan fingerprint density at radius 3 is 2.84 bits per heavy atom. The Kier molecular flexibility index (Phi) is 4.87. The van der Waals surface area contributed by atoms with Gasteiger partial charge in [0.2, 0.25) is 0 Å². The summed E-state index contributed by atoms with van der Waals surface area (Å²) in [4.78, 5) is 2.39. The van der Waals surface area contributed by atoms with Crippen molar-refractivity contribution in [3.05, 3.63) is 16.4 Å². The summed E-state index contributed by atoms with van der Waals surface area (Å²) in [5.41, 5.74) is 2.25. The standard InChI is InChI=1S/C14H24ClN3O/c1-10(2)13-12(14(15)17(3)16-13)8-18-6-4-5-11(7-18)9-19/h10-11,19H,4-9H2,1-3H3. The molecule has 0 radical (unpaired) electrons. The highest BCUT2D eigenvalue weighted by molar-refractivity contribution is 6.30. The maximum Gasteiger partial charge on any atom is 0.131 e. The molecule has 1 saturated heterocycles. The van der Waals surface area contributed by atoms with Gasteiger partial charge in [-0.15, -0.1) is 0 Å². The first-order valence-corrected chi connectivity index (χ1v) is 7.45. The topological polar surface area (TPSA) is 41.3 Å². The average molecular weight is 286 g/mol. The number of aliphatic hydroxyl groups is 1. The van der Waals surface area contributed by atoms with Crippen molar-refractivity contribution in [3.8, 4) is 0 Å². The quantitative estimate of drug-likeness (QED) is 0.924. The number of likely N-dealkylation sites (tertiary alicyclic amines) is 1. The van der Waals surface area contributed by atoms with E-state index < -0.39 is 0 Å². The number of aromatic nitrogens is 2. The zero-order valence-electron chi connectivity index (χ0n) is 12.1. The predicted molar refractivity (Wildman–Crippen MR) is 77.4 cm³/mol. The van der Waals surface area contributed by atoms with Crippen LogP contribution in [0.5, 0.6) is 0 Å². The molecule has 0 amide bonds. The molecule has 1 aliphatic heterocycles. The first-order valence-electron chi connectivity index (χ1n) is 7.07. The second kappa shape index (κ2) is 6.25. The van der Waals surface area contributed by atoms with Crippen molar-refractivity contribution in [3.63, 3.8) is 0 Å². The van der Waals surface area contributed by atoms with E-state index in [-0.39, 0.29) is 6.61 Å². The second-order valence-electron chi connectivity index (χ2n) is 5.86. The van der Waals surface area contributed by atoms with Crippen LogP contribution in [0.25, 0.3) is 0 Å². The van der Waals surface area contributed by atoms with Crippen LogP contribution < -0.4 is 0 Å². The summed E-state index contributed by atoms with van der Waals surface area (Å²) in [7, 11) is 1.89. The number of nitrogens with zero attached hydrogens (tertiary/aromatic N) is 3. The summed E-state index contributed by atoms with van der Waals surface area (Å²) in [6.45, 7) is 7.47. The first kappa shape index (κ1) is 14.8. The molecule has 1 aliphatic rings. The van der Waals surface area contributed by atoms with Gasteiger partial charge in [0.25, 0.3) is 0 Å². The molecular weight excluding hydrogens is 262 g/mol. The molecule has 1 aromatic heterocycles. The van der Waals surface area contributed by atoms with Gasteiger partial charge in [0, 0.05) is 32.3 Å². The molecule has 0 saturated carbocycles. The molecule has 0 spiro atoms. The molecule has 4 nitrogen and oxygen atoms in total. The summed E-state index contributed by atoms with van der Waals surface area (Å²) in [6.07, 6.45) is 2.28. The Morgan fingerprint density at radius 2 is 2.21 bits per heavy atom. The van der Waals surface area contributed by atoms with Crippen LogP contribution in [0.4, 0.5) is 0 Å². The minimum absolute atomic E-state index is 0.286. The van der Waals surface area contributed by atoms with Gasteiger partial charge >= 0.3 is 0 Å². The third-order valence-electron chi connectivity index (χ3n) is 3.89. The van der Waals surface area contributed by atoms with Crippen molar-refractivity contribution in [1.82, 2.24) is 14.7 Å². The predicted octanol–water partition coefficient (Wildman–Crippen LogP) is 2.40. The summed E-state index contributed by atoms with van der Waals surface area (Å²) >= 11 is 6.37.